The lowest BCUT2D eigenvalue weighted by atomic mass is 9.88. The Morgan fingerprint density at radius 3 is 2.83 bits per heavy atom. The number of likely N-dealkylation sites (tertiary alicyclic amines) is 1. The first-order valence-corrected chi connectivity index (χ1v) is 8.94. The Hall–Kier alpha value is -1.43. The van der Waals surface area contributed by atoms with Gasteiger partial charge in [-0.05, 0) is 38.1 Å². The van der Waals surface area contributed by atoms with Crippen LogP contribution in [0.4, 0.5) is 16.2 Å². The van der Waals surface area contributed by atoms with E-state index in [0.29, 0.717) is 12.0 Å². The monoisotopic (exact) mass is 321 g/mol. The largest absolute Gasteiger partial charge is 0.371 e. The molecule has 1 aliphatic heterocycles. The molecule has 2 N–H and O–H groups in total. The molecule has 0 unspecified atom stereocenters. The third kappa shape index (κ3) is 4.53. The Kier molecular flexibility index (Phi) is 5.65. The van der Waals surface area contributed by atoms with Crippen LogP contribution in [0.25, 0.3) is 0 Å². The van der Waals surface area contributed by atoms with Crippen molar-refractivity contribution < 1.29 is 4.39 Å². The van der Waals surface area contributed by atoms with Gasteiger partial charge in [0.1, 0.15) is 0 Å². The number of halogens is 1. The number of rotatable bonds is 5. The van der Waals surface area contributed by atoms with Gasteiger partial charge in [-0.2, -0.15) is 4.98 Å². The van der Waals surface area contributed by atoms with Crippen LogP contribution >= 0.6 is 0 Å². The maximum absolute atomic E-state index is 13.4. The summed E-state index contributed by atoms with van der Waals surface area (Å²) in [6, 6.07) is 0.350. The summed E-state index contributed by atoms with van der Waals surface area (Å²) in [7, 11) is 1.67. The lowest BCUT2D eigenvalue weighted by Gasteiger charge is -2.36. The van der Waals surface area contributed by atoms with Crippen LogP contribution in [0, 0.1) is 11.7 Å². The fourth-order valence-electron chi connectivity index (χ4n) is 3.87. The zero-order valence-electron chi connectivity index (χ0n) is 14.0. The Bertz CT molecular complexity index is 504. The average Bonchev–Trinajstić information content (AvgIpc) is 2.58. The number of anilines is 2. The van der Waals surface area contributed by atoms with E-state index < -0.39 is 5.82 Å². The van der Waals surface area contributed by atoms with Crippen molar-refractivity contribution in [3.63, 3.8) is 0 Å². The molecule has 5 nitrogen and oxygen atoms in total. The van der Waals surface area contributed by atoms with E-state index in [4.69, 9.17) is 0 Å². The predicted octanol–water partition coefficient (Wildman–Crippen LogP) is 3.11. The maximum Gasteiger partial charge on any atom is 0.225 e. The van der Waals surface area contributed by atoms with E-state index in [0.717, 1.165) is 18.9 Å². The van der Waals surface area contributed by atoms with Gasteiger partial charge in [0.05, 0.1) is 6.20 Å². The molecule has 128 valence electrons. The van der Waals surface area contributed by atoms with Gasteiger partial charge in [-0.15, -0.1) is 0 Å². The summed E-state index contributed by atoms with van der Waals surface area (Å²) >= 11 is 0. The SMILES string of the molecule is CNc1nc(N[C@@H]2CCCN(CC3CCCCC3)C2)ncc1F. The Morgan fingerprint density at radius 1 is 1.22 bits per heavy atom. The molecule has 1 aromatic heterocycles. The summed E-state index contributed by atoms with van der Waals surface area (Å²) in [5.74, 6) is 1.22. The van der Waals surface area contributed by atoms with Crippen LogP contribution < -0.4 is 10.6 Å². The Balaban J connectivity index is 1.53. The number of hydrogen-bond acceptors (Lipinski definition) is 5. The van der Waals surface area contributed by atoms with E-state index in [-0.39, 0.29) is 5.82 Å². The third-order valence-corrected chi connectivity index (χ3v) is 5.06. The van der Waals surface area contributed by atoms with E-state index >= 15 is 0 Å². The topological polar surface area (TPSA) is 53.1 Å². The normalized spacial score (nSPS) is 23.7. The van der Waals surface area contributed by atoms with E-state index in [1.54, 1.807) is 7.05 Å². The molecule has 1 atom stereocenters. The van der Waals surface area contributed by atoms with E-state index in [1.165, 1.54) is 57.8 Å². The second-order valence-electron chi connectivity index (χ2n) is 6.89. The molecule has 1 aliphatic carbocycles. The van der Waals surface area contributed by atoms with Crippen LogP contribution in [0.1, 0.15) is 44.9 Å². The highest BCUT2D eigenvalue weighted by molar-refractivity contribution is 5.40. The van der Waals surface area contributed by atoms with Gasteiger partial charge in [-0.25, -0.2) is 9.37 Å². The molecule has 2 aliphatic rings. The molecular formula is C17H28FN5. The van der Waals surface area contributed by atoms with Crippen molar-refractivity contribution in [1.29, 1.82) is 0 Å². The first-order chi connectivity index (χ1) is 11.2. The molecule has 3 rings (SSSR count). The van der Waals surface area contributed by atoms with E-state index in [1.807, 2.05) is 0 Å². The predicted molar refractivity (Wildman–Crippen MR) is 91.2 cm³/mol. The molecule has 0 aromatic carbocycles. The minimum atomic E-state index is -0.416. The second-order valence-corrected chi connectivity index (χ2v) is 6.89. The van der Waals surface area contributed by atoms with Gasteiger partial charge in [-0.1, -0.05) is 19.3 Å². The molecule has 0 amide bonds. The number of aromatic nitrogens is 2. The molecular weight excluding hydrogens is 293 g/mol. The van der Waals surface area contributed by atoms with Crippen LogP contribution in [-0.4, -0.2) is 47.6 Å². The third-order valence-electron chi connectivity index (χ3n) is 5.06. The summed E-state index contributed by atoms with van der Waals surface area (Å²) in [5.41, 5.74) is 0. The molecule has 23 heavy (non-hydrogen) atoms. The molecule has 0 spiro atoms. The lowest BCUT2D eigenvalue weighted by Crippen LogP contribution is -2.44. The van der Waals surface area contributed by atoms with Gasteiger partial charge in [0.15, 0.2) is 11.6 Å². The molecule has 1 saturated carbocycles. The molecule has 0 radical (unpaired) electrons. The average molecular weight is 321 g/mol. The van der Waals surface area contributed by atoms with Crippen LogP contribution in [0.3, 0.4) is 0 Å². The fraction of sp³-hybridized carbons (Fsp3) is 0.765. The van der Waals surface area contributed by atoms with E-state index in [9.17, 15) is 4.39 Å². The molecule has 6 heteroatoms. The van der Waals surface area contributed by atoms with E-state index in [2.05, 4.69) is 25.5 Å². The number of nitrogens with zero attached hydrogens (tertiary/aromatic N) is 3. The van der Waals surface area contributed by atoms with Crippen LogP contribution in [0.2, 0.25) is 0 Å². The first kappa shape index (κ1) is 16.4. The highest BCUT2D eigenvalue weighted by Gasteiger charge is 2.24. The minimum Gasteiger partial charge on any atom is -0.371 e. The molecule has 2 heterocycles. The number of piperidine rings is 1. The van der Waals surface area contributed by atoms with Crippen LogP contribution in [-0.2, 0) is 0 Å². The summed E-state index contributed by atoms with van der Waals surface area (Å²) in [4.78, 5) is 10.8. The van der Waals surface area contributed by atoms with Gasteiger partial charge in [0.25, 0.3) is 0 Å². The smallest absolute Gasteiger partial charge is 0.225 e. The summed E-state index contributed by atoms with van der Waals surface area (Å²) < 4.78 is 13.4. The van der Waals surface area contributed by atoms with Crippen molar-refractivity contribution in [2.45, 2.75) is 51.0 Å². The summed E-state index contributed by atoms with van der Waals surface area (Å²) in [5, 5.41) is 6.14. The quantitative estimate of drug-likeness (QED) is 0.873. The zero-order chi connectivity index (χ0) is 16.1. The van der Waals surface area contributed by atoms with Gasteiger partial charge in [-0.3, -0.25) is 0 Å². The zero-order valence-corrected chi connectivity index (χ0v) is 14.0. The van der Waals surface area contributed by atoms with Crippen molar-refractivity contribution in [2.24, 2.45) is 5.92 Å². The molecule has 1 aromatic rings. The van der Waals surface area contributed by atoms with Gasteiger partial charge in [0, 0.05) is 26.2 Å². The van der Waals surface area contributed by atoms with Gasteiger partial charge < -0.3 is 15.5 Å². The van der Waals surface area contributed by atoms with Crippen molar-refractivity contribution in [2.75, 3.05) is 37.3 Å². The van der Waals surface area contributed by atoms with Crippen LogP contribution in [0.15, 0.2) is 6.20 Å². The Labute approximate surface area is 138 Å². The van der Waals surface area contributed by atoms with Crippen molar-refractivity contribution in [1.82, 2.24) is 14.9 Å². The standard InChI is InChI=1S/C17H28FN5/c1-19-16-15(18)10-20-17(22-16)21-14-8-5-9-23(12-14)11-13-6-3-2-4-7-13/h10,13-14H,2-9,11-12H2,1H3,(H2,19,20,21,22)/t14-/m1/s1. The second kappa shape index (κ2) is 7.90. The minimum absolute atomic E-state index is 0.248. The van der Waals surface area contributed by atoms with Crippen molar-refractivity contribution in [3.8, 4) is 0 Å². The highest BCUT2D eigenvalue weighted by Crippen LogP contribution is 2.26. The number of hydrogen-bond donors (Lipinski definition) is 2. The van der Waals surface area contributed by atoms with Crippen molar-refractivity contribution >= 4 is 11.8 Å². The fourth-order valence-corrected chi connectivity index (χ4v) is 3.87. The van der Waals surface area contributed by atoms with Crippen LogP contribution in [0.5, 0.6) is 0 Å². The summed E-state index contributed by atoms with van der Waals surface area (Å²) in [6.07, 6.45) is 10.5. The Morgan fingerprint density at radius 2 is 2.04 bits per heavy atom. The molecule has 0 bridgehead atoms. The summed E-state index contributed by atoms with van der Waals surface area (Å²) in [6.45, 7) is 3.46. The van der Waals surface area contributed by atoms with Gasteiger partial charge in [0.2, 0.25) is 5.95 Å². The lowest BCUT2D eigenvalue weighted by molar-refractivity contribution is 0.166. The molecule has 2 fully saturated rings. The number of nitrogens with one attached hydrogen (secondary N) is 2. The van der Waals surface area contributed by atoms with Gasteiger partial charge >= 0.3 is 0 Å². The maximum atomic E-state index is 13.4. The van der Waals surface area contributed by atoms with Crippen molar-refractivity contribution in [3.05, 3.63) is 12.0 Å². The molecule has 1 saturated heterocycles. The highest BCUT2D eigenvalue weighted by atomic mass is 19.1. The first-order valence-electron chi connectivity index (χ1n) is 8.94.